The van der Waals surface area contributed by atoms with Crippen molar-refractivity contribution in [2.45, 2.75) is 26.7 Å². The van der Waals surface area contributed by atoms with Crippen LogP contribution < -0.4 is 10.1 Å². The van der Waals surface area contributed by atoms with Crippen LogP contribution in [-0.2, 0) is 16.0 Å². The Balaban J connectivity index is 1.57. The Morgan fingerprint density at radius 1 is 1.06 bits per heavy atom. The molecule has 2 N–H and O–H groups in total. The zero-order chi connectivity index (χ0) is 22.5. The highest BCUT2D eigenvalue weighted by atomic mass is 16.7. The van der Waals surface area contributed by atoms with Crippen LogP contribution in [0, 0.1) is 0 Å². The van der Waals surface area contributed by atoms with Gasteiger partial charge in [0.25, 0.3) is 5.91 Å². The molecule has 4 aromatic rings. The number of rotatable bonds is 9. The number of fused-ring (bicyclic) bond motifs is 2. The van der Waals surface area contributed by atoms with Crippen molar-refractivity contribution >= 4 is 27.8 Å². The van der Waals surface area contributed by atoms with Gasteiger partial charge in [0.15, 0.2) is 6.29 Å². The SMILES string of the molecule is CCOC(OCC)c1cnc2c(OC)cc(CNC(=O)c3cnc4[nH]ccc4c3)cc2c1. The lowest BCUT2D eigenvalue weighted by molar-refractivity contribution is -0.140. The molecule has 166 valence electrons. The normalized spacial score (nSPS) is 11.4. The molecule has 32 heavy (non-hydrogen) atoms. The van der Waals surface area contributed by atoms with E-state index in [4.69, 9.17) is 14.2 Å². The fourth-order valence-corrected chi connectivity index (χ4v) is 3.57. The van der Waals surface area contributed by atoms with Crippen molar-refractivity contribution < 1.29 is 19.0 Å². The van der Waals surface area contributed by atoms with Crippen molar-refractivity contribution in [2.24, 2.45) is 0 Å². The van der Waals surface area contributed by atoms with Crippen LogP contribution in [0.3, 0.4) is 0 Å². The van der Waals surface area contributed by atoms with Gasteiger partial charge >= 0.3 is 0 Å². The number of nitrogens with zero attached hydrogens (tertiary/aromatic N) is 2. The molecule has 0 atom stereocenters. The monoisotopic (exact) mass is 434 g/mol. The number of aromatic nitrogens is 3. The van der Waals surface area contributed by atoms with Crippen LogP contribution in [0.5, 0.6) is 5.75 Å². The number of amides is 1. The lowest BCUT2D eigenvalue weighted by Gasteiger charge is -2.18. The van der Waals surface area contributed by atoms with Crippen molar-refractivity contribution in [3.8, 4) is 5.75 Å². The number of hydrogen-bond donors (Lipinski definition) is 2. The first-order chi connectivity index (χ1) is 15.6. The Bertz CT molecular complexity index is 1230. The van der Waals surface area contributed by atoms with Crippen molar-refractivity contribution in [1.29, 1.82) is 0 Å². The average Bonchev–Trinajstić information content (AvgIpc) is 3.29. The van der Waals surface area contributed by atoms with Gasteiger partial charge in [0.05, 0.1) is 12.7 Å². The molecule has 4 rings (SSSR count). The van der Waals surface area contributed by atoms with Gasteiger partial charge in [-0.05, 0) is 49.7 Å². The number of hydrogen-bond acceptors (Lipinski definition) is 6. The molecule has 0 saturated heterocycles. The first-order valence-electron chi connectivity index (χ1n) is 10.5. The summed E-state index contributed by atoms with van der Waals surface area (Å²) in [6.07, 6.45) is 4.62. The van der Waals surface area contributed by atoms with Crippen LogP contribution in [0.15, 0.2) is 48.9 Å². The van der Waals surface area contributed by atoms with E-state index < -0.39 is 6.29 Å². The second kappa shape index (κ2) is 9.76. The maximum Gasteiger partial charge on any atom is 0.253 e. The van der Waals surface area contributed by atoms with Crippen molar-refractivity contribution in [2.75, 3.05) is 20.3 Å². The third-order valence-electron chi connectivity index (χ3n) is 5.07. The summed E-state index contributed by atoms with van der Waals surface area (Å²) >= 11 is 0. The van der Waals surface area contributed by atoms with Gasteiger partial charge in [0, 0.05) is 54.7 Å². The number of ether oxygens (including phenoxy) is 3. The van der Waals surface area contributed by atoms with E-state index in [9.17, 15) is 4.79 Å². The number of aromatic amines is 1. The molecule has 1 amide bonds. The van der Waals surface area contributed by atoms with Crippen LogP contribution in [-0.4, -0.2) is 41.2 Å². The van der Waals surface area contributed by atoms with Gasteiger partial charge in [-0.1, -0.05) is 0 Å². The summed E-state index contributed by atoms with van der Waals surface area (Å²) in [4.78, 5) is 24.5. The van der Waals surface area contributed by atoms with Crippen molar-refractivity contribution in [3.05, 3.63) is 65.6 Å². The van der Waals surface area contributed by atoms with E-state index in [1.54, 1.807) is 25.7 Å². The Hall–Kier alpha value is -3.49. The molecule has 0 aliphatic rings. The summed E-state index contributed by atoms with van der Waals surface area (Å²) < 4.78 is 16.9. The minimum atomic E-state index is -0.480. The second-order valence-corrected chi connectivity index (χ2v) is 7.20. The summed E-state index contributed by atoms with van der Waals surface area (Å²) in [5.41, 5.74) is 3.71. The Labute approximate surface area is 185 Å². The first kappa shape index (κ1) is 21.7. The zero-order valence-corrected chi connectivity index (χ0v) is 18.3. The number of carbonyl (C=O) groups excluding carboxylic acids is 1. The molecule has 3 heterocycles. The minimum Gasteiger partial charge on any atom is -0.494 e. The summed E-state index contributed by atoms with van der Waals surface area (Å²) in [5.74, 6) is 0.442. The fourth-order valence-electron chi connectivity index (χ4n) is 3.57. The van der Waals surface area contributed by atoms with Gasteiger partial charge in [-0.15, -0.1) is 0 Å². The molecular weight excluding hydrogens is 408 g/mol. The number of nitrogens with one attached hydrogen (secondary N) is 2. The van der Waals surface area contributed by atoms with E-state index in [0.717, 1.165) is 33.1 Å². The topological polar surface area (TPSA) is 98.4 Å². The number of pyridine rings is 2. The van der Waals surface area contributed by atoms with Gasteiger partial charge in [0.2, 0.25) is 0 Å². The molecule has 0 fully saturated rings. The van der Waals surface area contributed by atoms with E-state index in [1.165, 1.54) is 0 Å². The average molecular weight is 434 g/mol. The van der Waals surface area contributed by atoms with Crippen LogP contribution in [0.2, 0.25) is 0 Å². The maximum absolute atomic E-state index is 12.7. The number of benzene rings is 1. The summed E-state index contributed by atoms with van der Waals surface area (Å²) in [7, 11) is 1.60. The molecule has 0 aliphatic heterocycles. The highest BCUT2D eigenvalue weighted by Crippen LogP contribution is 2.29. The predicted octanol–water partition coefficient (Wildman–Crippen LogP) is 4.12. The van der Waals surface area contributed by atoms with Crippen molar-refractivity contribution in [1.82, 2.24) is 20.3 Å². The second-order valence-electron chi connectivity index (χ2n) is 7.20. The van der Waals surface area contributed by atoms with Crippen LogP contribution in [0.1, 0.15) is 41.6 Å². The molecule has 8 nitrogen and oxygen atoms in total. The van der Waals surface area contributed by atoms with Crippen molar-refractivity contribution in [3.63, 3.8) is 0 Å². The summed E-state index contributed by atoms with van der Waals surface area (Å²) in [6.45, 7) is 5.24. The van der Waals surface area contributed by atoms with E-state index in [-0.39, 0.29) is 5.91 Å². The summed E-state index contributed by atoms with van der Waals surface area (Å²) in [5, 5.41) is 4.72. The van der Waals surface area contributed by atoms with E-state index in [2.05, 4.69) is 20.3 Å². The molecule has 0 radical (unpaired) electrons. The van der Waals surface area contributed by atoms with Gasteiger partial charge in [-0.2, -0.15) is 0 Å². The molecule has 0 saturated carbocycles. The smallest absolute Gasteiger partial charge is 0.253 e. The Kier molecular flexibility index (Phi) is 6.63. The molecule has 1 aromatic carbocycles. The van der Waals surface area contributed by atoms with Gasteiger partial charge in [-0.25, -0.2) is 4.98 Å². The van der Waals surface area contributed by atoms with Crippen LogP contribution in [0.4, 0.5) is 0 Å². The number of H-pyrrole nitrogens is 1. The molecule has 3 aromatic heterocycles. The number of methoxy groups -OCH3 is 1. The van der Waals surface area contributed by atoms with E-state index in [0.29, 0.717) is 31.1 Å². The van der Waals surface area contributed by atoms with E-state index in [1.807, 2.05) is 44.2 Å². The lowest BCUT2D eigenvalue weighted by Crippen LogP contribution is -2.23. The lowest BCUT2D eigenvalue weighted by atomic mass is 10.1. The molecule has 8 heteroatoms. The molecular formula is C24H26N4O4. The molecule has 0 aliphatic carbocycles. The predicted molar refractivity (Wildman–Crippen MR) is 122 cm³/mol. The van der Waals surface area contributed by atoms with Gasteiger partial charge in [0.1, 0.15) is 16.9 Å². The maximum atomic E-state index is 12.7. The highest BCUT2D eigenvalue weighted by Gasteiger charge is 2.15. The summed E-state index contributed by atoms with van der Waals surface area (Å²) in [6, 6.07) is 9.54. The van der Waals surface area contributed by atoms with Gasteiger partial charge < -0.3 is 24.5 Å². The van der Waals surface area contributed by atoms with Gasteiger partial charge in [-0.3, -0.25) is 9.78 Å². The largest absolute Gasteiger partial charge is 0.494 e. The standard InChI is InChI=1S/C24H26N4O4/c1-4-31-24(32-5-2)19-11-17-8-15(9-20(30-3)21(17)26-14-19)12-28-23(29)18-10-16-6-7-25-22(16)27-13-18/h6-11,13-14,24H,4-5,12H2,1-3H3,(H,25,27)(H,28,29). The molecule has 0 spiro atoms. The van der Waals surface area contributed by atoms with Crippen LogP contribution in [0.25, 0.3) is 21.9 Å². The third-order valence-corrected chi connectivity index (χ3v) is 5.07. The Morgan fingerprint density at radius 2 is 1.88 bits per heavy atom. The molecule has 0 unspecified atom stereocenters. The first-order valence-corrected chi connectivity index (χ1v) is 10.5. The Morgan fingerprint density at radius 3 is 2.62 bits per heavy atom. The fraction of sp³-hybridized carbons (Fsp3) is 0.292. The minimum absolute atomic E-state index is 0.195. The quantitative estimate of drug-likeness (QED) is 0.385. The van der Waals surface area contributed by atoms with Crippen LogP contribution >= 0.6 is 0 Å². The third kappa shape index (κ3) is 4.56. The zero-order valence-electron chi connectivity index (χ0n) is 18.3. The molecule has 0 bridgehead atoms. The van der Waals surface area contributed by atoms with E-state index >= 15 is 0 Å². The highest BCUT2D eigenvalue weighted by molar-refractivity contribution is 5.97. The number of carbonyl (C=O) groups is 1.